The topological polar surface area (TPSA) is 120 Å². The van der Waals surface area contributed by atoms with Crippen LogP contribution in [0.4, 0.5) is 10.1 Å². The Morgan fingerprint density at radius 1 is 1.34 bits per heavy atom. The molecule has 0 bridgehead atoms. The van der Waals surface area contributed by atoms with Crippen LogP contribution in [-0.2, 0) is 9.53 Å². The SMILES string of the molecule is COCC(C)NC(=O)c1ncn(C2CCC3(CC2)CCN(c2ccc(F)cc2Cl)C3=O)c1C(N)=O. The van der Waals surface area contributed by atoms with E-state index in [9.17, 15) is 18.8 Å². The molecule has 2 heterocycles. The van der Waals surface area contributed by atoms with Crippen molar-refractivity contribution in [1.82, 2.24) is 14.9 Å². The lowest BCUT2D eigenvalue weighted by molar-refractivity contribution is -0.127. The number of primary amides is 1. The van der Waals surface area contributed by atoms with Gasteiger partial charge in [0.1, 0.15) is 11.5 Å². The molecule has 3 amide bonds. The van der Waals surface area contributed by atoms with Gasteiger partial charge in [0.2, 0.25) is 5.91 Å². The van der Waals surface area contributed by atoms with Crippen molar-refractivity contribution >= 4 is 35.0 Å². The second kappa shape index (κ2) is 9.94. The lowest BCUT2D eigenvalue weighted by atomic mass is 9.71. The van der Waals surface area contributed by atoms with Crippen LogP contribution in [0.1, 0.15) is 66.0 Å². The van der Waals surface area contributed by atoms with Crippen molar-refractivity contribution in [2.75, 3.05) is 25.2 Å². The van der Waals surface area contributed by atoms with Gasteiger partial charge in [0, 0.05) is 25.7 Å². The van der Waals surface area contributed by atoms with Crippen molar-refractivity contribution in [1.29, 1.82) is 0 Å². The Balaban J connectivity index is 1.49. The summed E-state index contributed by atoms with van der Waals surface area (Å²) in [7, 11) is 1.53. The van der Waals surface area contributed by atoms with E-state index in [2.05, 4.69) is 10.3 Å². The van der Waals surface area contributed by atoms with Gasteiger partial charge in [-0.2, -0.15) is 0 Å². The third kappa shape index (κ3) is 4.77. The lowest BCUT2D eigenvalue weighted by Gasteiger charge is -2.36. The van der Waals surface area contributed by atoms with Gasteiger partial charge in [-0.3, -0.25) is 14.4 Å². The number of anilines is 1. The van der Waals surface area contributed by atoms with Crippen LogP contribution in [0.3, 0.4) is 0 Å². The molecular weight excluding hydrogens is 477 g/mol. The number of nitrogens with two attached hydrogens (primary N) is 1. The van der Waals surface area contributed by atoms with Crippen LogP contribution in [0.25, 0.3) is 0 Å². The van der Waals surface area contributed by atoms with Crippen LogP contribution in [0, 0.1) is 11.2 Å². The number of halogens is 2. The Hall–Kier alpha value is -2.98. The maximum absolute atomic E-state index is 13.5. The Morgan fingerprint density at radius 2 is 2.06 bits per heavy atom. The molecule has 1 aromatic heterocycles. The third-order valence-electron chi connectivity index (χ3n) is 7.06. The lowest BCUT2D eigenvalue weighted by Crippen LogP contribution is -2.39. The predicted molar refractivity (Wildman–Crippen MR) is 128 cm³/mol. The first-order valence-electron chi connectivity index (χ1n) is 11.6. The minimum absolute atomic E-state index is 0.0163. The molecule has 1 atom stereocenters. The first kappa shape index (κ1) is 25.1. The number of benzene rings is 1. The van der Waals surface area contributed by atoms with Gasteiger partial charge in [-0.1, -0.05) is 11.6 Å². The van der Waals surface area contributed by atoms with E-state index in [-0.39, 0.29) is 34.4 Å². The number of nitrogens with one attached hydrogen (secondary N) is 1. The number of carbonyl (C=O) groups excluding carboxylic acids is 3. The van der Waals surface area contributed by atoms with Crippen LogP contribution in [-0.4, -0.2) is 53.6 Å². The molecule has 1 aliphatic heterocycles. The summed E-state index contributed by atoms with van der Waals surface area (Å²) in [6.07, 6.45) is 4.59. The molecule has 35 heavy (non-hydrogen) atoms. The maximum Gasteiger partial charge on any atom is 0.272 e. The first-order valence-corrected chi connectivity index (χ1v) is 12.0. The normalized spacial score (nSPS) is 23.0. The number of nitrogens with zero attached hydrogens (tertiary/aromatic N) is 3. The van der Waals surface area contributed by atoms with Crippen molar-refractivity contribution in [3.8, 4) is 0 Å². The Bertz CT molecular complexity index is 1140. The Kier molecular flexibility index (Phi) is 7.14. The molecule has 1 unspecified atom stereocenters. The highest BCUT2D eigenvalue weighted by molar-refractivity contribution is 6.34. The van der Waals surface area contributed by atoms with Crippen molar-refractivity contribution < 1.29 is 23.5 Å². The molecule has 1 saturated carbocycles. The van der Waals surface area contributed by atoms with Gasteiger partial charge in [0.05, 0.1) is 29.1 Å². The number of methoxy groups -OCH3 is 1. The molecule has 2 aromatic rings. The van der Waals surface area contributed by atoms with Crippen LogP contribution in [0.15, 0.2) is 24.5 Å². The van der Waals surface area contributed by atoms with E-state index in [1.54, 1.807) is 16.4 Å². The second-order valence-corrected chi connectivity index (χ2v) is 9.76. The van der Waals surface area contributed by atoms with Crippen molar-refractivity contribution in [3.63, 3.8) is 0 Å². The van der Waals surface area contributed by atoms with Gasteiger partial charge < -0.3 is 25.3 Å². The molecule has 1 saturated heterocycles. The van der Waals surface area contributed by atoms with Gasteiger partial charge in [0.15, 0.2) is 5.69 Å². The number of aromatic nitrogens is 2. The number of hydrogen-bond donors (Lipinski definition) is 2. The monoisotopic (exact) mass is 505 g/mol. The van der Waals surface area contributed by atoms with Gasteiger partial charge in [0.25, 0.3) is 11.8 Å². The maximum atomic E-state index is 13.5. The molecule has 1 spiro atoms. The molecule has 1 aliphatic carbocycles. The van der Waals surface area contributed by atoms with E-state index < -0.39 is 23.0 Å². The number of imidazole rings is 1. The van der Waals surface area contributed by atoms with Gasteiger partial charge in [-0.05, 0) is 57.2 Å². The number of carbonyl (C=O) groups is 3. The first-order chi connectivity index (χ1) is 16.7. The summed E-state index contributed by atoms with van der Waals surface area (Å²) in [6, 6.07) is 3.65. The summed E-state index contributed by atoms with van der Waals surface area (Å²) in [5.41, 5.74) is 5.66. The highest BCUT2D eigenvalue weighted by atomic mass is 35.5. The quantitative estimate of drug-likeness (QED) is 0.599. The van der Waals surface area contributed by atoms with Gasteiger partial charge in [-0.15, -0.1) is 0 Å². The predicted octanol–water partition coefficient (Wildman–Crippen LogP) is 3.08. The van der Waals surface area contributed by atoms with E-state index >= 15 is 0 Å². The summed E-state index contributed by atoms with van der Waals surface area (Å²) >= 11 is 6.20. The molecule has 3 N–H and O–H groups in total. The van der Waals surface area contributed by atoms with Crippen LogP contribution >= 0.6 is 11.6 Å². The minimum Gasteiger partial charge on any atom is -0.383 e. The average Bonchev–Trinajstić information content (AvgIpc) is 3.38. The molecule has 1 aromatic carbocycles. The Labute approximate surface area is 207 Å². The highest BCUT2D eigenvalue weighted by Gasteiger charge is 2.49. The highest BCUT2D eigenvalue weighted by Crippen LogP contribution is 2.49. The summed E-state index contributed by atoms with van der Waals surface area (Å²) in [5, 5.41) is 2.96. The van der Waals surface area contributed by atoms with E-state index in [0.717, 1.165) is 0 Å². The van der Waals surface area contributed by atoms with E-state index in [0.29, 0.717) is 50.9 Å². The average molecular weight is 506 g/mol. The number of rotatable bonds is 7. The third-order valence-corrected chi connectivity index (χ3v) is 7.36. The second-order valence-electron chi connectivity index (χ2n) is 9.36. The summed E-state index contributed by atoms with van der Waals surface area (Å²) in [5.74, 6) is -1.70. The molecular formula is C24H29ClFN5O4. The fourth-order valence-electron chi connectivity index (χ4n) is 5.28. The van der Waals surface area contributed by atoms with E-state index in [4.69, 9.17) is 22.1 Å². The molecule has 0 radical (unpaired) electrons. The molecule has 2 fully saturated rings. The Morgan fingerprint density at radius 3 is 2.69 bits per heavy atom. The summed E-state index contributed by atoms with van der Waals surface area (Å²) in [4.78, 5) is 44.2. The zero-order chi connectivity index (χ0) is 25.3. The van der Waals surface area contributed by atoms with Crippen LogP contribution in [0.2, 0.25) is 5.02 Å². The largest absolute Gasteiger partial charge is 0.383 e. The minimum atomic E-state index is -0.735. The molecule has 188 valence electrons. The zero-order valence-corrected chi connectivity index (χ0v) is 20.5. The number of hydrogen-bond acceptors (Lipinski definition) is 5. The van der Waals surface area contributed by atoms with Gasteiger partial charge >= 0.3 is 0 Å². The standard InChI is InChI=1S/C24H29ClFN5O4/c1-14(12-35-2)29-22(33)19-20(21(27)32)31(13-28-19)16-5-7-24(8-6-16)9-10-30(23(24)34)18-4-3-15(26)11-17(18)25/h3-4,11,13-14,16H,5-10,12H2,1-2H3,(H2,27,32)(H,29,33). The summed E-state index contributed by atoms with van der Waals surface area (Å²) < 4.78 is 20.2. The molecule has 4 rings (SSSR count). The van der Waals surface area contributed by atoms with Crippen molar-refractivity contribution in [2.24, 2.45) is 11.1 Å². The van der Waals surface area contributed by atoms with E-state index in [1.807, 2.05) is 0 Å². The van der Waals surface area contributed by atoms with E-state index in [1.165, 1.54) is 31.6 Å². The fourth-order valence-corrected chi connectivity index (χ4v) is 5.55. The van der Waals surface area contributed by atoms with Crippen molar-refractivity contribution in [3.05, 3.63) is 46.8 Å². The van der Waals surface area contributed by atoms with Gasteiger partial charge in [-0.25, -0.2) is 9.37 Å². The molecule has 11 heteroatoms. The summed E-state index contributed by atoms with van der Waals surface area (Å²) in [6.45, 7) is 2.61. The van der Waals surface area contributed by atoms with Crippen molar-refractivity contribution in [2.45, 2.75) is 51.1 Å². The van der Waals surface area contributed by atoms with Crippen LogP contribution < -0.4 is 16.0 Å². The fraction of sp³-hybridized carbons (Fsp3) is 0.500. The molecule has 9 nitrogen and oxygen atoms in total. The number of amides is 3. The van der Waals surface area contributed by atoms with Crippen LogP contribution in [0.5, 0.6) is 0 Å². The number of ether oxygens (including phenoxy) is 1. The zero-order valence-electron chi connectivity index (χ0n) is 19.7. The smallest absolute Gasteiger partial charge is 0.272 e. The molecule has 2 aliphatic rings.